The summed E-state index contributed by atoms with van der Waals surface area (Å²) < 4.78 is 15.1. The summed E-state index contributed by atoms with van der Waals surface area (Å²) in [7, 11) is 2.98. The van der Waals surface area contributed by atoms with E-state index < -0.39 is 11.9 Å². The molecule has 0 aromatic rings. The van der Waals surface area contributed by atoms with Crippen LogP contribution in [0.3, 0.4) is 0 Å². The van der Waals surface area contributed by atoms with Crippen LogP contribution in [0.2, 0.25) is 0 Å². The summed E-state index contributed by atoms with van der Waals surface area (Å²) in [5, 5.41) is 9.83. The molecule has 0 aliphatic carbocycles. The molecule has 0 aromatic heterocycles. The van der Waals surface area contributed by atoms with Crippen LogP contribution in [0.1, 0.15) is 20.3 Å². The molecule has 0 aliphatic heterocycles. The van der Waals surface area contributed by atoms with E-state index in [9.17, 15) is 5.11 Å². The van der Waals surface area contributed by atoms with Crippen molar-refractivity contribution in [3.05, 3.63) is 0 Å². The molecule has 1 unspecified atom stereocenters. The van der Waals surface area contributed by atoms with Gasteiger partial charge < -0.3 is 19.3 Å². The first kappa shape index (κ1) is 12.8. The highest BCUT2D eigenvalue weighted by atomic mass is 16.7. The van der Waals surface area contributed by atoms with Gasteiger partial charge in [-0.15, -0.1) is 0 Å². The van der Waals surface area contributed by atoms with E-state index in [0.29, 0.717) is 6.61 Å². The van der Waals surface area contributed by atoms with Crippen LogP contribution in [0, 0.1) is 0 Å². The Kier molecular flexibility index (Phi) is 6.24. The van der Waals surface area contributed by atoms with Crippen LogP contribution in [0.4, 0.5) is 0 Å². The number of hydrogen-bond acceptors (Lipinski definition) is 4. The summed E-state index contributed by atoms with van der Waals surface area (Å²) in [5.74, 6) is 0. The van der Waals surface area contributed by atoms with Gasteiger partial charge in [0.05, 0.1) is 6.61 Å². The van der Waals surface area contributed by atoms with Gasteiger partial charge in [-0.1, -0.05) is 6.92 Å². The normalized spacial score (nSPS) is 16.2. The third kappa shape index (κ3) is 4.57. The lowest BCUT2D eigenvalue weighted by Gasteiger charge is -2.30. The highest BCUT2D eigenvalue weighted by Crippen LogP contribution is 2.14. The molecule has 1 atom stereocenters. The second-order valence-corrected chi connectivity index (χ2v) is 3.21. The first-order valence-corrected chi connectivity index (χ1v) is 4.44. The molecule has 0 aliphatic rings. The standard InChI is InChI=1S/C9H20O4/c1-5-6-13-7-9(2,10)8(11-3)12-4/h8,10H,5-7H2,1-4H3. The Labute approximate surface area is 79.8 Å². The number of aliphatic hydroxyl groups is 1. The molecule has 0 fully saturated rings. The Balaban J connectivity index is 3.88. The van der Waals surface area contributed by atoms with Gasteiger partial charge in [0.25, 0.3) is 0 Å². The molecule has 4 heteroatoms. The molecule has 0 saturated heterocycles. The minimum absolute atomic E-state index is 0.215. The predicted octanol–water partition coefficient (Wildman–Crippen LogP) is 0.783. The number of ether oxygens (including phenoxy) is 3. The van der Waals surface area contributed by atoms with Crippen LogP contribution >= 0.6 is 0 Å². The number of hydrogen-bond donors (Lipinski definition) is 1. The SMILES string of the molecule is CCCOCC(C)(O)C(OC)OC. The van der Waals surface area contributed by atoms with Gasteiger partial charge in [0.1, 0.15) is 5.60 Å². The molecule has 0 rings (SSSR count). The molecule has 1 N–H and O–H groups in total. The van der Waals surface area contributed by atoms with Gasteiger partial charge in [-0.05, 0) is 13.3 Å². The minimum atomic E-state index is -1.10. The second kappa shape index (κ2) is 6.32. The van der Waals surface area contributed by atoms with Gasteiger partial charge in [-0.2, -0.15) is 0 Å². The Hall–Kier alpha value is -0.160. The van der Waals surface area contributed by atoms with E-state index in [1.165, 1.54) is 14.2 Å². The van der Waals surface area contributed by atoms with Crippen molar-refractivity contribution < 1.29 is 19.3 Å². The molecule has 80 valence electrons. The van der Waals surface area contributed by atoms with Gasteiger partial charge in [0.2, 0.25) is 0 Å². The Bertz CT molecular complexity index is 121. The molecule has 0 spiro atoms. The molecular weight excluding hydrogens is 172 g/mol. The van der Waals surface area contributed by atoms with Crippen LogP contribution in [0.25, 0.3) is 0 Å². The monoisotopic (exact) mass is 192 g/mol. The fourth-order valence-electron chi connectivity index (χ4n) is 1.10. The van der Waals surface area contributed by atoms with Crippen LogP contribution in [-0.2, 0) is 14.2 Å². The van der Waals surface area contributed by atoms with Gasteiger partial charge in [-0.25, -0.2) is 0 Å². The highest BCUT2D eigenvalue weighted by molar-refractivity contribution is 4.76. The van der Waals surface area contributed by atoms with Crippen molar-refractivity contribution in [2.45, 2.75) is 32.2 Å². The lowest BCUT2D eigenvalue weighted by molar-refractivity contribution is -0.224. The Morgan fingerprint density at radius 2 is 1.85 bits per heavy atom. The Morgan fingerprint density at radius 3 is 2.23 bits per heavy atom. The summed E-state index contributed by atoms with van der Waals surface area (Å²) in [4.78, 5) is 0. The topological polar surface area (TPSA) is 47.9 Å². The lowest BCUT2D eigenvalue weighted by atomic mass is 10.1. The molecule has 4 nitrogen and oxygen atoms in total. The van der Waals surface area contributed by atoms with Crippen LogP contribution in [0.15, 0.2) is 0 Å². The molecule has 0 radical (unpaired) electrons. The van der Waals surface area contributed by atoms with E-state index in [2.05, 4.69) is 0 Å². The fourth-order valence-corrected chi connectivity index (χ4v) is 1.10. The van der Waals surface area contributed by atoms with Crippen molar-refractivity contribution in [3.8, 4) is 0 Å². The zero-order chi connectivity index (χ0) is 10.3. The van der Waals surface area contributed by atoms with E-state index >= 15 is 0 Å². The first-order chi connectivity index (χ1) is 6.08. The third-order valence-electron chi connectivity index (χ3n) is 1.68. The average Bonchev–Trinajstić information content (AvgIpc) is 2.06. The maximum absolute atomic E-state index is 9.83. The van der Waals surface area contributed by atoms with E-state index in [0.717, 1.165) is 6.42 Å². The summed E-state index contributed by atoms with van der Waals surface area (Å²) in [6.45, 7) is 4.49. The smallest absolute Gasteiger partial charge is 0.187 e. The molecule has 0 bridgehead atoms. The second-order valence-electron chi connectivity index (χ2n) is 3.21. The zero-order valence-electron chi connectivity index (χ0n) is 8.87. The van der Waals surface area contributed by atoms with Gasteiger partial charge in [0, 0.05) is 20.8 Å². The summed E-state index contributed by atoms with van der Waals surface area (Å²) >= 11 is 0. The maximum Gasteiger partial charge on any atom is 0.187 e. The van der Waals surface area contributed by atoms with Crippen molar-refractivity contribution in [1.29, 1.82) is 0 Å². The van der Waals surface area contributed by atoms with E-state index in [1.807, 2.05) is 6.92 Å². The first-order valence-electron chi connectivity index (χ1n) is 4.44. The largest absolute Gasteiger partial charge is 0.382 e. The molecular formula is C9H20O4. The van der Waals surface area contributed by atoms with E-state index in [4.69, 9.17) is 14.2 Å². The number of methoxy groups -OCH3 is 2. The molecule has 0 amide bonds. The molecule has 0 heterocycles. The average molecular weight is 192 g/mol. The third-order valence-corrected chi connectivity index (χ3v) is 1.68. The fraction of sp³-hybridized carbons (Fsp3) is 1.00. The summed E-state index contributed by atoms with van der Waals surface area (Å²) in [5.41, 5.74) is -1.10. The molecule has 0 aromatic carbocycles. The van der Waals surface area contributed by atoms with Crippen LogP contribution < -0.4 is 0 Å². The van der Waals surface area contributed by atoms with E-state index in [-0.39, 0.29) is 6.61 Å². The van der Waals surface area contributed by atoms with Crippen molar-refractivity contribution >= 4 is 0 Å². The quantitative estimate of drug-likeness (QED) is 0.478. The highest BCUT2D eigenvalue weighted by Gasteiger charge is 2.32. The van der Waals surface area contributed by atoms with Crippen molar-refractivity contribution in [1.82, 2.24) is 0 Å². The predicted molar refractivity (Wildman–Crippen MR) is 49.5 cm³/mol. The van der Waals surface area contributed by atoms with Crippen LogP contribution in [-0.4, -0.2) is 44.4 Å². The van der Waals surface area contributed by atoms with Gasteiger partial charge in [0.15, 0.2) is 6.29 Å². The van der Waals surface area contributed by atoms with Crippen molar-refractivity contribution in [2.24, 2.45) is 0 Å². The van der Waals surface area contributed by atoms with Crippen molar-refractivity contribution in [3.63, 3.8) is 0 Å². The summed E-state index contributed by atoms with van der Waals surface area (Å²) in [6.07, 6.45) is 0.283. The Morgan fingerprint density at radius 1 is 1.31 bits per heavy atom. The zero-order valence-corrected chi connectivity index (χ0v) is 8.87. The minimum Gasteiger partial charge on any atom is -0.382 e. The summed E-state index contributed by atoms with van der Waals surface area (Å²) in [6, 6.07) is 0. The van der Waals surface area contributed by atoms with Gasteiger partial charge >= 0.3 is 0 Å². The van der Waals surface area contributed by atoms with Crippen molar-refractivity contribution in [2.75, 3.05) is 27.4 Å². The van der Waals surface area contributed by atoms with E-state index in [1.54, 1.807) is 6.92 Å². The van der Waals surface area contributed by atoms with Crippen LogP contribution in [0.5, 0.6) is 0 Å². The van der Waals surface area contributed by atoms with Gasteiger partial charge in [-0.3, -0.25) is 0 Å². The lowest BCUT2D eigenvalue weighted by Crippen LogP contribution is -2.45. The number of rotatable bonds is 7. The molecule has 0 saturated carbocycles. The molecule has 13 heavy (non-hydrogen) atoms. The maximum atomic E-state index is 9.83.